The second-order valence-corrected chi connectivity index (χ2v) is 4.36. The van der Waals surface area contributed by atoms with Gasteiger partial charge in [0.1, 0.15) is 5.82 Å². The van der Waals surface area contributed by atoms with Crippen LogP contribution in [0.25, 0.3) is 0 Å². The zero-order valence-corrected chi connectivity index (χ0v) is 10.5. The van der Waals surface area contributed by atoms with E-state index in [1.807, 2.05) is 13.8 Å². The van der Waals surface area contributed by atoms with Crippen LogP contribution in [0.15, 0.2) is 22.7 Å². The van der Waals surface area contributed by atoms with Crippen LogP contribution >= 0.6 is 15.9 Å². The summed E-state index contributed by atoms with van der Waals surface area (Å²) in [5, 5.41) is 0. The first-order valence-electron chi connectivity index (χ1n) is 5.09. The Morgan fingerprint density at radius 1 is 1.40 bits per heavy atom. The van der Waals surface area contributed by atoms with Crippen molar-refractivity contribution in [3.8, 4) is 0 Å². The van der Waals surface area contributed by atoms with Crippen LogP contribution in [0.3, 0.4) is 0 Å². The molecule has 0 radical (unpaired) electrons. The van der Waals surface area contributed by atoms with E-state index >= 15 is 0 Å². The summed E-state index contributed by atoms with van der Waals surface area (Å²) in [6.45, 7) is 3.94. The highest BCUT2D eigenvalue weighted by molar-refractivity contribution is 9.10. The molecule has 0 N–H and O–H groups in total. The van der Waals surface area contributed by atoms with E-state index in [0.29, 0.717) is 10.0 Å². The number of Topliss-reactive ketones (excluding diaryl/α,β-unsaturated/α-hetero) is 1. The maximum atomic E-state index is 13.0. The monoisotopic (exact) mass is 272 g/mol. The molecular formula is C12H14BrFO. The first kappa shape index (κ1) is 12.4. The molecular weight excluding hydrogens is 259 g/mol. The van der Waals surface area contributed by atoms with E-state index in [4.69, 9.17) is 0 Å². The summed E-state index contributed by atoms with van der Waals surface area (Å²) in [6.07, 6.45) is 1.58. The summed E-state index contributed by atoms with van der Waals surface area (Å²) < 4.78 is 13.7. The van der Waals surface area contributed by atoms with Gasteiger partial charge in [0.05, 0.1) is 0 Å². The normalized spacial score (nSPS) is 10.7. The average Bonchev–Trinajstić information content (AvgIpc) is 2.23. The maximum Gasteiger partial charge on any atom is 0.167 e. The molecule has 0 unspecified atom stereocenters. The van der Waals surface area contributed by atoms with Crippen molar-refractivity contribution < 1.29 is 9.18 Å². The molecule has 0 aromatic heterocycles. The molecule has 0 saturated heterocycles. The highest BCUT2D eigenvalue weighted by atomic mass is 79.9. The van der Waals surface area contributed by atoms with Crippen LogP contribution in [-0.2, 0) is 0 Å². The van der Waals surface area contributed by atoms with Crippen molar-refractivity contribution in [1.29, 1.82) is 0 Å². The molecule has 0 atom stereocenters. The van der Waals surface area contributed by atoms with Gasteiger partial charge in [0.2, 0.25) is 0 Å². The number of halogens is 2. The molecule has 1 aromatic carbocycles. The molecule has 0 spiro atoms. The Morgan fingerprint density at radius 3 is 2.53 bits per heavy atom. The van der Waals surface area contributed by atoms with Crippen molar-refractivity contribution in [2.45, 2.75) is 26.7 Å². The lowest BCUT2D eigenvalue weighted by atomic mass is 9.93. The Labute approximate surface area is 97.8 Å². The molecule has 15 heavy (non-hydrogen) atoms. The fraction of sp³-hybridized carbons (Fsp3) is 0.417. The van der Waals surface area contributed by atoms with Crippen LogP contribution < -0.4 is 0 Å². The fourth-order valence-electron chi connectivity index (χ4n) is 1.57. The van der Waals surface area contributed by atoms with Gasteiger partial charge in [-0.15, -0.1) is 0 Å². The van der Waals surface area contributed by atoms with E-state index in [2.05, 4.69) is 15.9 Å². The second-order valence-electron chi connectivity index (χ2n) is 3.50. The summed E-state index contributed by atoms with van der Waals surface area (Å²) in [5.74, 6) is -0.359. The Morgan fingerprint density at radius 2 is 2.00 bits per heavy atom. The second kappa shape index (κ2) is 5.40. The molecule has 0 aliphatic rings. The van der Waals surface area contributed by atoms with Gasteiger partial charge in [-0.25, -0.2) is 4.39 Å². The summed E-state index contributed by atoms with van der Waals surface area (Å²) in [5.41, 5.74) is 0.448. The zero-order chi connectivity index (χ0) is 11.4. The third-order valence-electron chi connectivity index (χ3n) is 2.55. The van der Waals surface area contributed by atoms with Gasteiger partial charge in [0.25, 0.3) is 0 Å². The Bertz CT molecular complexity index is 359. The number of hydrogen-bond acceptors (Lipinski definition) is 1. The van der Waals surface area contributed by atoms with Crippen molar-refractivity contribution in [2.24, 2.45) is 5.92 Å². The number of carbonyl (C=O) groups excluding carboxylic acids is 1. The van der Waals surface area contributed by atoms with E-state index in [-0.39, 0.29) is 17.5 Å². The van der Waals surface area contributed by atoms with Gasteiger partial charge in [-0.3, -0.25) is 4.79 Å². The number of carbonyl (C=O) groups is 1. The lowest BCUT2D eigenvalue weighted by Gasteiger charge is -2.12. The lowest BCUT2D eigenvalue weighted by Crippen LogP contribution is -2.13. The Hall–Kier alpha value is -0.700. The number of rotatable bonds is 4. The largest absolute Gasteiger partial charge is 0.294 e. The van der Waals surface area contributed by atoms with Gasteiger partial charge in [-0.2, -0.15) is 0 Å². The molecule has 82 valence electrons. The van der Waals surface area contributed by atoms with Gasteiger partial charge in [0.15, 0.2) is 5.78 Å². The molecule has 0 aliphatic heterocycles. The van der Waals surface area contributed by atoms with Crippen molar-refractivity contribution >= 4 is 21.7 Å². The van der Waals surface area contributed by atoms with Crippen molar-refractivity contribution in [2.75, 3.05) is 0 Å². The van der Waals surface area contributed by atoms with Gasteiger partial charge in [0, 0.05) is 16.0 Å². The molecule has 0 aliphatic carbocycles. The topological polar surface area (TPSA) is 17.1 Å². The third-order valence-corrected chi connectivity index (χ3v) is 3.24. The molecule has 0 amide bonds. The van der Waals surface area contributed by atoms with Crippen molar-refractivity contribution in [3.05, 3.63) is 34.1 Å². The maximum absolute atomic E-state index is 13.0. The summed E-state index contributed by atoms with van der Waals surface area (Å²) in [7, 11) is 0. The van der Waals surface area contributed by atoms with E-state index in [9.17, 15) is 9.18 Å². The lowest BCUT2D eigenvalue weighted by molar-refractivity contribution is 0.0912. The third kappa shape index (κ3) is 2.88. The van der Waals surface area contributed by atoms with E-state index < -0.39 is 0 Å². The van der Waals surface area contributed by atoms with Crippen LogP contribution in [0.1, 0.15) is 37.0 Å². The molecule has 3 heteroatoms. The van der Waals surface area contributed by atoms with Crippen LogP contribution in [-0.4, -0.2) is 5.78 Å². The molecule has 1 nitrogen and oxygen atoms in total. The Balaban J connectivity index is 3.04. The molecule has 0 saturated carbocycles. The molecule has 1 rings (SSSR count). The highest BCUT2D eigenvalue weighted by Gasteiger charge is 2.19. The smallest absolute Gasteiger partial charge is 0.167 e. The first-order valence-corrected chi connectivity index (χ1v) is 5.88. The first-order chi connectivity index (χ1) is 7.10. The Kier molecular flexibility index (Phi) is 4.45. The number of hydrogen-bond donors (Lipinski definition) is 0. The van der Waals surface area contributed by atoms with E-state index in [1.165, 1.54) is 12.1 Å². The molecule has 0 fully saturated rings. The molecule has 0 heterocycles. The summed E-state index contributed by atoms with van der Waals surface area (Å²) in [6, 6.07) is 4.21. The van der Waals surface area contributed by atoms with Gasteiger partial charge < -0.3 is 0 Å². The summed E-state index contributed by atoms with van der Waals surface area (Å²) in [4.78, 5) is 12.0. The molecule has 1 aromatic rings. The van der Waals surface area contributed by atoms with Crippen LogP contribution in [0, 0.1) is 11.7 Å². The SMILES string of the molecule is CCC(CC)C(=O)c1cc(F)ccc1Br. The van der Waals surface area contributed by atoms with Crippen LogP contribution in [0.2, 0.25) is 0 Å². The number of benzene rings is 1. The van der Waals surface area contributed by atoms with E-state index in [0.717, 1.165) is 12.8 Å². The predicted octanol–water partition coefficient (Wildman–Crippen LogP) is 4.21. The zero-order valence-electron chi connectivity index (χ0n) is 8.89. The van der Waals surface area contributed by atoms with Crippen LogP contribution in [0.4, 0.5) is 4.39 Å². The summed E-state index contributed by atoms with van der Waals surface area (Å²) >= 11 is 3.27. The molecule has 0 bridgehead atoms. The van der Waals surface area contributed by atoms with Gasteiger partial charge in [-0.1, -0.05) is 29.8 Å². The van der Waals surface area contributed by atoms with Crippen molar-refractivity contribution in [3.63, 3.8) is 0 Å². The van der Waals surface area contributed by atoms with E-state index in [1.54, 1.807) is 6.07 Å². The minimum absolute atomic E-state index is 0.0110. The standard InChI is InChI=1S/C12H14BrFO/c1-3-8(4-2)12(15)10-7-9(14)5-6-11(10)13/h5-8H,3-4H2,1-2H3. The fourth-order valence-corrected chi connectivity index (χ4v) is 2.01. The van der Waals surface area contributed by atoms with Gasteiger partial charge in [-0.05, 0) is 31.0 Å². The van der Waals surface area contributed by atoms with Crippen LogP contribution in [0.5, 0.6) is 0 Å². The predicted molar refractivity (Wildman–Crippen MR) is 62.5 cm³/mol. The highest BCUT2D eigenvalue weighted by Crippen LogP contribution is 2.23. The van der Waals surface area contributed by atoms with Gasteiger partial charge >= 0.3 is 0 Å². The minimum atomic E-state index is -0.368. The minimum Gasteiger partial charge on any atom is -0.294 e. The quantitative estimate of drug-likeness (QED) is 0.751. The van der Waals surface area contributed by atoms with Crippen molar-refractivity contribution in [1.82, 2.24) is 0 Å². The number of ketones is 1. The average molecular weight is 273 g/mol.